The molecule has 0 spiro atoms. The van der Waals surface area contributed by atoms with E-state index in [1.54, 1.807) is 20.8 Å². The molecule has 0 bridgehead atoms. The summed E-state index contributed by atoms with van der Waals surface area (Å²) in [4.78, 5) is 28.7. The molecule has 0 aliphatic rings. The summed E-state index contributed by atoms with van der Waals surface area (Å²) >= 11 is 0. The number of sulfone groups is 1. The summed E-state index contributed by atoms with van der Waals surface area (Å²) < 4.78 is 36.3. The quantitative estimate of drug-likeness (QED) is 0.309. The minimum Gasteiger partial charge on any atom is -0.479 e. The van der Waals surface area contributed by atoms with E-state index < -0.39 is 50.0 Å². The van der Waals surface area contributed by atoms with Crippen molar-refractivity contribution < 1.29 is 32.6 Å². The summed E-state index contributed by atoms with van der Waals surface area (Å²) in [5, 5.41) is 12.3. The number of alkyl carbamates (subject to hydrolysis) is 1. The van der Waals surface area contributed by atoms with E-state index in [1.165, 1.54) is 20.8 Å². The molecule has 4 N–H and O–H groups in total. The first-order valence-corrected chi connectivity index (χ1v) is 12.6. The lowest BCUT2D eigenvalue weighted by molar-refractivity contribution is -0.148. The van der Waals surface area contributed by atoms with Gasteiger partial charge < -0.3 is 25.6 Å². The number of aliphatic carboxylic acids is 1. The highest BCUT2D eigenvalue weighted by Gasteiger charge is 2.53. The lowest BCUT2D eigenvalue weighted by Gasteiger charge is -2.41. The van der Waals surface area contributed by atoms with Crippen LogP contribution in [0.4, 0.5) is 4.79 Å². The van der Waals surface area contributed by atoms with Crippen LogP contribution in [0, 0.1) is 5.41 Å². The number of nitrogens with one attached hydrogen (secondary N) is 1. The molecule has 10 nitrogen and oxygen atoms in total. The maximum absolute atomic E-state index is 12.8. The van der Waals surface area contributed by atoms with Gasteiger partial charge in [0.2, 0.25) is 0 Å². The summed E-state index contributed by atoms with van der Waals surface area (Å²) in [5.41, 5.74) is 2.59. The van der Waals surface area contributed by atoms with Crippen molar-refractivity contribution in [2.24, 2.45) is 16.1 Å². The van der Waals surface area contributed by atoms with Crippen molar-refractivity contribution in [3.63, 3.8) is 0 Å². The molecule has 0 aromatic heterocycles. The van der Waals surface area contributed by atoms with Gasteiger partial charge in [-0.3, -0.25) is 4.99 Å². The fourth-order valence-electron chi connectivity index (χ4n) is 2.98. The molecule has 0 aliphatic heterocycles. The number of carbonyl (C=O) groups excluding carboxylic acids is 1. The van der Waals surface area contributed by atoms with Crippen LogP contribution in [0.2, 0.25) is 0 Å². The maximum Gasteiger partial charge on any atom is 0.408 e. The lowest BCUT2D eigenvalue weighted by Crippen LogP contribution is -2.66. The topological polar surface area (TPSA) is 157 Å². The third-order valence-electron chi connectivity index (χ3n) is 4.87. The summed E-state index contributed by atoms with van der Waals surface area (Å²) in [6.07, 6.45) is -1.02. The van der Waals surface area contributed by atoms with E-state index in [0.29, 0.717) is 6.61 Å². The molecule has 1 unspecified atom stereocenters. The number of amidine groups is 1. The Morgan fingerprint density at radius 3 is 2.18 bits per heavy atom. The van der Waals surface area contributed by atoms with Gasteiger partial charge in [-0.1, -0.05) is 51.1 Å². The van der Waals surface area contributed by atoms with Crippen molar-refractivity contribution in [3.05, 3.63) is 35.9 Å². The zero-order chi connectivity index (χ0) is 26.2. The molecule has 0 saturated carbocycles. The zero-order valence-corrected chi connectivity index (χ0v) is 21.6. The number of benzene rings is 1. The predicted octanol–water partition coefficient (Wildman–Crippen LogP) is 2.37. The number of hydrogen-bond donors (Lipinski definition) is 3. The van der Waals surface area contributed by atoms with Crippen molar-refractivity contribution in [2.45, 2.75) is 59.3 Å². The molecule has 11 heteroatoms. The van der Waals surface area contributed by atoms with Gasteiger partial charge in [0.1, 0.15) is 18.0 Å². The Morgan fingerprint density at radius 2 is 1.68 bits per heavy atom. The number of hydrogen-bond acceptors (Lipinski definition) is 7. The molecule has 1 aromatic rings. The van der Waals surface area contributed by atoms with Gasteiger partial charge in [0.05, 0.1) is 24.7 Å². The van der Waals surface area contributed by atoms with Crippen LogP contribution in [0.25, 0.3) is 0 Å². The highest BCUT2D eigenvalue weighted by molar-refractivity contribution is 7.91. The number of ether oxygens (including phenoxy) is 2. The van der Waals surface area contributed by atoms with Crippen molar-refractivity contribution in [2.75, 3.05) is 24.7 Å². The van der Waals surface area contributed by atoms with Gasteiger partial charge in [-0.25, -0.2) is 18.0 Å². The highest BCUT2D eigenvalue weighted by atomic mass is 32.2. The van der Waals surface area contributed by atoms with Crippen LogP contribution >= 0.6 is 0 Å². The Balaban J connectivity index is 2.85. The first-order valence-electron chi connectivity index (χ1n) is 10.8. The minimum absolute atomic E-state index is 0.0240. The average Bonchev–Trinajstić information content (AvgIpc) is 2.65. The Labute approximate surface area is 201 Å². The Morgan fingerprint density at radius 1 is 1.09 bits per heavy atom. The Hall–Kier alpha value is -2.66. The zero-order valence-electron chi connectivity index (χ0n) is 20.8. The van der Waals surface area contributed by atoms with Crippen molar-refractivity contribution >= 4 is 27.7 Å². The lowest BCUT2D eigenvalue weighted by atomic mass is 9.74. The first kappa shape index (κ1) is 29.4. The molecule has 0 radical (unpaired) electrons. The molecule has 1 aromatic carbocycles. The van der Waals surface area contributed by atoms with Gasteiger partial charge >= 0.3 is 12.1 Å². The summed E-state index contributed by atoms with van der Waals surface area (Å²) in [6.45, 7) is 9.65. The number of rotatable bonds is 11. The molecule has 0 saturated heterocycles. The molecule has 0 heterocycles. The fourth-order valence-corrected chi connectivity index (χ4v) is 4.78. The van der Waals surface area contributed by atoms with Gasteiger partial charge in [0, 0.05) is 0 Å². The smallest absolute Gasteiger partial charge is 0.408 e. The van der Waals surface area contributed by atoms with E-state index in [1.807, 2.05) is 30.3 Å². The van der Waals surface area contributed by atoms with Gasteiger partial charge in [0.15, 0.2) is 15.4 Å². The standard InChI is InChI=1S/C23H37N3O7S/c1-21(2,3)23(19(27)28,26-20(29)33-22(4,5)6)16-34(30,31)13-12-25-18(24)15-32-14-17-10-8-7-9-11-17/h7-11H,12-16H2,1-6H3,(H2,24,25)(H,26,29)(H,27,28). The third kappa shape index (κ3) is 9.68. The van der Waals surface area contributed by atoms with Crippen LogP contribution < -0.4 is 11.1 Å². The van der Waals surface area contributed by atoms with Crippen LogP contribution in [0.3, 0.4) is 0 Å². The number of aliphatic imine (C=N–C) groups is 1. The number of amides is 1. The largest absolute Gasteiger partial charge is 0.479 e. The minimum atomic E-state index is -3.97. The van der Waals surface area contributed by atoms with Gasteiger partial charge in [-0.15, -0.1) is 0 Å². The molecule has 0 aliphatic carbocycles. The Bertz CT molecular complexity index is 965. The van der Waals surface area contributed by atoms with E-state index >= 15 is 0 Å². The molecule has 0 fully saturated rings. The molecule has 1 atom stereocenters. The van der Waals surface area contributed by atoms with Crippen LogP contribution in [0.15, 0.2) is 35.3 Å². The fraction of sp³-hybridized carbons (Fsp3) is 0.609. The monoisotopic (exact) mass is 499 g/mol. The number of carboxylic acid groups (broad SMARTS) is 1. The van der Waals surface area contributed by atoms with E-state index in [9.17, 15) is 23.1 Å². The van der Waals surface area contributed by atoms with Crippen LogP contribution in [0.5, 0.6) is 0 Å². The van der Waals surface area contributed by atoms with Gasteiger partial charge in [-0.05, 0) is 31.7 Å². The number of nitrogens with two attached hydrogens (primary N) is 1. The van der Waals surface area contributed by atoms with E-state index in [0.717, 1.165) is 5.56 Å². The number of carboxylic acids is 1. The van der Waals surface area contributed by atoms with Gasteiger partial charge in [0.25, 0.3) is 0 Å². The summed E-state index contributed by atoms with van der Waals surface area (Å²) in [5.74, 6) is -2.64. The van der Waals surface area contributed by atoms with Gasteiger partial charge in [-0.2, -0.15) is 0 Å². The molecule has 192 valence electrons. The molecule has 1 amide bonds. The maximum atomic E-state index is 12.8. The van der Waals surface area contributed by atoms with Crippen molar-refractivity contribution in [3.8, 4) is 0 Å². The first-order chi connectivity index (χ1) is 15.5. The summed E-state index contributed by atoms with van der Waals surface area (Å²) in [7, 11) is -3.97. The Kier molecular flexibility index (Phi) is 10.1. The predicted molar refractivity (Wildman–Crippen MR) is 130 cm³/mol. The van der Waals surface area contributed by atoms with Crippen LogP contribution in [-0.4, -0.2) is 67.2 Å². The number of nitrogens with zero attached hydrogens (tertiary/aromatic N) is 1. The third-order valence-corrected chi connectivity index (χ3v) is 6.55. The normalized spacial score (nSPS) is 14.8. The van der Waals surface area contributed by atoms with E-state index in [-0.39, 0.29) is 19.0 Å². The van der Waals surface area contributed by atoms with Crippen LogP contribution in [0.1, 0.15) is 47.1 Å². The molecule has 34 heavy (non-hydrogen) atoms. The van der Waals surface area contributed by atoms with Crippen molar-refractivity contribution in [1.29, 1.82) is 0 Å². The summed E-state index contributed by atoms with van der Waals surface area (Å²) in [6, 6.07) is 9.45. The molecular formula is C23H37N3O7S. The highest BCUT2D eigenvalue weighted by Crippen LogP contribution is 2.33. The number of carbonyl (C=O) groups is 2. The van der Waals surface area contributed by atoms with E-state index in [2.05, 4.69) is 10.3 Å². The molecular weight excluding hydrogens is 462 g/mol. The SMILES string of the molecule is CC(C)(C)OC(=O)NC(CS(=O)(=O)CCN=C(N)COCc1ccccc1)(C(=O)O)C(C)(C)C. The second-order valence-corrected chi connectivity index (χ2v) is 12.2. The van der Waals surface area contributed by atoms with Crippen molar-refractivity contribution in [1.82, 2.24) is 5.32 Å². The molecule has 1 rings (SSSR count). The average molecular weight is 500 g/mol. The van der Waals surface area contributed by atoms with Crippen LogP contribution in [-0.2, 0) is 30.7 Å². The second-order valence-electron chi connectivity index (χ2n) is 10.0. The van der Waals surface area contributed by atoms with E-state index in [4.69, 9.17) is 15.2 Å². The second kappa shape index (κ2) is 11.7.